The third-order valence-electron chi connectivity index (χ3n) is 4.98. The molecule has 1 heterocycles. The number of ether oxygens (including phenoxy) is 1. The van der Waals surface area contributed by atoms with Gasteiger partial charge in [0.25, 0.3) is 5.91 Å². The number of pyridine rings is 1. The molecule has 1 aliphatic carbocycles. The molecule has 0 radical (unpaired) electrons. The summed E-state index contributed by atoms with van der Waals surface area (Å²) in [4.78, 5) is 17.0. The van der Waals surface area contributed by atoms with Gasteiger partial charge >= 0.3 is 0 Å². The molecule has 1 aliphatic rings. The van der Waals surface area contributed by atoms with Gasteiger partial charge in [-0.15, -0.1) is 0 Å². The standard InChI is InChI=1S/C21H26N2O2/c1-13-7-8-15(3)21(16(13)4)25-12-18(24)23-20(17-9-10-17)19-14(2)6-5-11-22-19/h5-8,11,17,20H,9-10,12H2,1-4H3,(H,23,24)/t20-/m0/s1. The first-order valence-electron chi connectivity index (χ1n) is 8.88. The molecule has 1 aromatic carbocycles. The van der Waals surface area contributed by atoms with E-state index < -0.39 is 0 Å². The molecule has 1 fully saturated rings. The van der Waals surface area contributed by atoms with Crippen molar-refractivity contribution in [3.05, 3.63) is 58.4 Å². The SMILES string of the molecule is Cc1cccnc1[C@@H](NC(=O)COc1c(C)ccc(C)c1C)C1CC1. The number of nitrogens with one attached hydrogen (secondary N) is 1. The van der Waals surface area contributed by atoms with Crippen LogP contribution < -0.4 is 10.1 Å². The van der Waals surface area contributed by atoms with Crippen LogP contribution in [0.25, 0.3) is 0 Å². The maximum atomic E-state index is 12.5. The molecule has 0 saturated heterocycles. The van der Waals surface area contributed by atoms with E-state index in [1.165, 1.54) is 5.56 Å². The van der Waals surface area contributed by atoms with Gasteiger partial charge in [0.2, 0.25) is 0 Å². The fraction of sp³-hybridized carbons (Fsp3) is 0.429. The summed E-state index contributed by atoms with van der Waals surface area (Å²) in [5.74, 6) is 1.20. The fourth-order valence-corrected chi connectivity index (χ4v) is 3.16. The van der Waals surface area contributed by atoms with E-state index in [4.69, 9.17) is 4.74 Å². The molecule has 25 heavy (non-hydrogen) atoms. The Kier molecular flexibility index (Phi) is 5.07. The zero-order valence-corrected chi connectivity index (χ0v) is 15.4. The summed E-state index contributed by atoms with van der Waals surface area (Å²) in [7, 11) is 0. The lowest BCUT2D eigenvalue weighted by atomic mass is 10.0. The second-order valence-electron chi connectivity index (χ2n) is 7.03. The van der Waals surface area contributed by atoms with Gasteiger partial charge in [0.05, 0.1) is 11.7 Å². The van der Waals surface area contributed by atoms with Crippen molar-refractivity contribution in [2.75, 3.05) is 6.61 Å². The highest BCUT2D eigenvalue weighted by Gasteiger charge is 2.35. The van der Waals surface area contributed by atoms with Crippen molar-refractivity contribution in [3.63, 3.8) is 0 Å². The first-order chi connectivity index (χ1) is 12.0. The molecule has 1 aromatic heterocycles. The van der Waals surface area contributed by atoms with Crippen molar-refractivity contribution < 1.29 is 9.53 Å². The molecular weight excluding hydrogens is 312 g/mol. The molecule has 1 N–H and O–H groups in total. The summed E-state index contributed by atoms with van der Waals surface area (Å²) in [6.45, 7) is 8.15. The lowest BCUT2D eigenvalue weighted by molar-refractivity contribution is -0.124. The Balaban J connectivity index is 1.68. The highest BCUT2D eigenvalue weighted by atomic mass is 16.5. The predicted molar refractivity (Wildman–Crippen MR) is 98.7 cm³/mol. The Bertz CT molecular complexity index is 781. The van der Waals surface area contributed by atoms with E-state index in [-0.39, 0.29) is 18.6 Å². The quantitative estimate of drug-likeness (QED) is 0.867. The minimum atomic E-state index is -0.0951. The molecule has 4 heteroatoms. The number of amides is 1. The van der Waals surface area contributed by atoms with Gasteiger partial charge in [0, 0.05) is 6.20 Å². The van der Waals surface area contributed by atoms with Crippen molar-refractivity contribution in [2.45, 2.75) is 46.6 Å². The number of carbonyl (C=O) groups excluding carboxylic acids is 1. The van der Waals surface area contributed by atoms with Crippen LogP contribution in [0.2, 0.25) is 0 Å². The van der Waals surface area contributed by atoms with Gasteiger partial charge in [0.1, 0.15) is 5.75 Å². The maximum Gasteiger partial charge on any atom is 0.258 e. The zero-order valence-electron chi connectivity index (χ0n) is 15.4. The van der Waals surface area contributed by atoms with Gasteiger partial charge in [0.15, 0.2) is 6.61 Å². The number of rotatable bonds is 6. The van der Waals surface area contributed by atoms with Crippen LogP contribution in [0.4, 0.5) is 0 Å². The fourth-order valence-electron chi connectivity index (χ4n) is 3.16. The largest absolute Gasteiger partial charge is 0.483 e. The van der Waals surface area contributed by atoms with Gasteiger partial charge in [-0.25, -0.2) is 0 Å². The topological polar surface area (TPSA) is 51.2 Å². The van der Waals surface area contributed by atoms with Gasteiger partial charge in [-0.2, -0.15) is 0 Å². The van der Waals surface area contributed by atoms with Crippen molar-refractivity contribution >= 4 is 5.91 Å². The number of nitrogens with zero attached hydrogens (tertiary/aromatic N) is 1. The zero-order chi connectivity index (χ0) is 18.0. The Morgan fingerprint density at radius 1 is 1.16 bits per heavy atom. The molecule has 4 nitrogen and oxygen atoms in total. The monoisotopic (exact) mass is 338 g/mol. The third-order valence-corrected chi connectivity index (χ3v) is 4.98. The van der Waals surface area contributed by atoms with Gasteiger partial charge < -0.3 is 10.1 Å². The van der Waals surface area contributed by atoms with E-state index in [2.05, 4.69) is 23.3 Å². The van der Waals surface area contributed by atoms with Gasteiger partial charge in [-0.3, -0.25) is 9.78 Å². The first kappa shape index (κ1) is 17.5. The summed E-state index contributed by atoms with van der Waals surface area (Å²) in [5, 5.41) is 3.13. The summed E-state index contributed by atoms with van der Waals surface area (Å²) >= 11 is 0. The summed E-state index contributed by atoms with van der Waals surface area (Å²) in [5.41, 5.74) is 5.40. The van der Waals surface area contributed by atoms with Crippen molar-refractivity contribution in [3.8, 4) is 5.75 Å². The van der Waals surface area contributed by atoms with E-state index in [0.29, 0.717) is 5.92 Å². The van der Waals surface area contributed by atoms with E-state index in [0.717, 1.165) is 41.0 Å². The van der Waals surface area contributed by atoms with Crippen LogP contribution >= 0.6 is 0 Å². The molecule has 1 saturated carbocycles. The van der Waals surface area contributed by atoms with Crippen LogP contribution in [0.15, 0.2) is 30.5 Å². The van der Waals surface area contributed by atoms with Crippen LogP contribution in [0.5, 0.6) is 5.75 Å². The summed E-state index contributed by atoms with van der Waals surface area (Å²) in [6, 6.07) is 8.05. The number of hydrogen-bond donors (Lipinski definition) is 1. The first-order valence-corrected chi connectivity index (χ1v) is 8.88. The van der Waals surface area contributed by atoms with Gasteiger partial charge in [-0.05, 0) is 74.8 Å². The third kappa shape index (κ3) is 4.01. The smallest absolute Gasteiger partial charge is 0.258 e. The molecule has 0 aliphatic heterocycles. The van der Waals surface area contributed by atoms with Crippen molar-refractivity contribution in [1.29, 1.82) is 0 Å². The van der Waals surface area contributed by atoms with Crippen molar-refractivity contribution in [2.24, 2.45) is 5.92 Å². The van der Waals surface area contributed by atoms with E-state index >= 15 is 0 Å². The van der Waals surface area contributed by atoms with E-state index in [1.807, 2.05) is 39.0 Å². The number of carbonyl (C=O) groups is 1. The van der Waals surface area contributed by atoms with Crippen LogP contribution in [0.1, 0.15) is 46.8 Å². The number of aromatic nitrogens is 1. The molecule has 132 valence electrons. The predicted octanol–water partition coefficient (Wildman–Crippen LogP) is 3.96. The molecule has 1 atom stereocenters. The molecule has 1 amide bonds. The van der Waals surface area contributed by atoms with Crippen LogP contribution in [-0.2, 0) is 4.79 Å². The Labute approximate surface area is 149 Å². The Morgan fingerprint density at radius 2 is 1.88 bits per heavy atom. The maximum absolute atomic E-state index is 12.5. The molecule has 2 aromatic rings. The minimum Gasteiger partial charge on any atom is -0.483 e. The Morgan fingerprint density at radius 3 is 2.56 bits per heavy atom. The normalized spacial score (nSPS) is 14.9. The number of benzene rings is 1. The molecule has 0 unspecified atom stereocenters. The van der Waals surface area contributed by atoms with Crippen LogP contribution in [0.3, 0.4) is 0 Å². The van der Waals surface area contributed by atoms with Crippen LogP contribution in [0, 0.1) is 33.6 Å². The minimum absolute atomic E-state index is 0.0167. The average Bonchev–Trinajstić information content (AvgIpc) is 3.42. The molecular formula is C21H26N2O2. The average molecular weight is 338 g/mol. The summed E-state index contributed by atoms with van der Waals surface area (Å²) < 4.78 is 5.84. The molecule has 0 bridgehead atoms. The van der Waals surface area contributed by atoms with E-state index in [1.54, 1.807) is 6.20 Å². The summed E-state index contributed by atoms with van der Waals surface area (Å²) in [6.07, 6.45) is 4.07. The molecule has 3 rings (SSSR count). The lowest BCUT2D eigenvalue weighted by Crippen LogP contribution is -2.34. The lowest BCUT2D eigenvalue weighted by Gasteiger charge is -2.20. The van der Waals surface area contributed by atoms with Crippen molar-refractivity contribution in [1.82, 2.24) is 10.3 Å². The number of aryl methyl sites for hydroxylation is 3. The highest BCUT2D eigenvalue weighted by molar-refractivity contribution is 5.78. The van der Waals surface area contributed by atoms with Crippen LogP contribution in [-0.4, -0.2) is 17.5 Å². The number of hydrogen-bond acceptors (Lipinski definition) is 3. The highest BCUT2D eigenvalue weighted by Crippen LogP contribution is 2.41. The molecule has 0 spiro atoms. The van der Waals surface area contributed by atoms with Gasteiger partial charge in [-0.1, -0.05) is 18.2 Å². The second-order valence-corrected chi connectivity index (χ2v) is 7.03. The Hall–Kier alpha value is -2.36. The second kappa shape index (κ2) is 7.26. The van der Waals surface area contributed by atoms with E-state index in [9.17, 15) is 4.79 Å².